The molecule has 16 heavy (non-hydrogen) atoms. The van der Waals surface area contributed by atoms with Gasteiger partial charge in [-0.25, -0.2) is 4.21 Å². The predicted molar refractivity (Wildman–Crippen MR) is 57.0 cm³/mol. The molecule has 0 radical (unpaired) electrons. The summed E-state index contributed by atoms with van der Waals surface area (Å²) in [5.41, 5.74) is 0. The lowest BCUT2D eigenvalue weighted by molar-refractivity contribution is -0.143. The first-order valence-electron chi connectivity index (χ1n) is 4.72. The van der Waals surface area contributed by atoms with Gasteiger partial charge in [-0.1, -0.05) is 0 Å². The van der Waals surface area contributed by atoms with Crippen molar-refractivity contribution in [2.24, 2.45) is 0 Å². The van der Waals surface area contributed by atoms with Gasteiger partial charge in [-0.2, -0.15) is 4.31 Å². The highest BCUT2D eigenvalue weighted by molar-refractivity contribution is 7.84. The van der Waals surface area contributed by atoms with Crippen LogP contribution in [0, 0.1) is 0 Å². The minimum absolute atomic E-state index is 0.601. The second-order valence-electron chi connectivity index (χ2n) is 4.47. The Morgan fingerprint density at radius 3 is 2.12 bits per heavy atom. The molecule has 1 N–H and O–H groups in total. The molecule has 0 aliphatic carbocycles. The zero-order chi connectivity index (χ0) is 12.7. The van der Waals surface area contributed by atoms with Crippen LogP contribution in [0.4, 0.5) is 0 Å². The molecule has 0 bridgehead atoms. The number of carbonyl (C=O) groups excluding carboxylic acids is 1. The molecule has 0 aromatic carbocycles. The van der Waals surface area contributed by atoms with Crippen molar-refractivity contribution in [3.63, 3.8) is 0 Å². The SMILES string of the molecule is COC(=O)[C@@H]1[C@H](C(=O)O)N1[S@](=O)C(C)(C)C. The van der Waals surface area contributed by atoms with Crippen molar-refractivity contribution in [1.82, 2.24) is 4.31 Å². The van der Waals surface area contributed by atoms with Crippen LogP contribution in [0.5, 0.6) is 0 Å². The van der Waals surface area contributed by atoms with Crippen LogP contribution in [-0.2, 0) is 25.3 Å². The molecular formula is C9H15NO5S. The molecule has 6 nitrogen and oxygen atoms in total. The summed E-state index contributed by atoms with van der Waals surface area (Å²) in [5.74, 6) is -1.82. The number of methoxy groups -OCH3 is 1. The summed E-state index contributed by atoms with van der Waals surface area (Å²) >= 11 is 0. The fourth-order valence-electron chi connectivity index (χ4n) is 1.33. The number of aliphatic carboxylic acids is 1. The van der Waals surface area contributed by atoms with Gasteiger partial charge < -0.3 is 9.84 Å². The van der Waals surface area contributed by atoms with Gasteiger partial charge in [0.05, 0.1) is 11.9 Å². The molecule has 7 heteroatoms. The summed E-state index contributed by atoms with van der Waals surface area (Å²) in [4.78, 5) is 22.1. The summed E-state index contributed by atoms with van der Waals surface area (Å²) in [5, 5.41) is 8.87. The largest absolute Gasteiger partial charge is 0.480 e. The van der Waals surface area contributed by atoms with Crippen LogP contribution >= 0.6 is 0 Å². The van der Waals surface area contributed by atoms with Crippen LogP contribution in [0.25, 0.3) is 0 Å². The lowest BCUT2D eigenvalue weighted by Crippen LogP contribution is -2.30. The van der Waals surface area contributed by atoms with Gasteiger partial charge in [0, 0.05) is 0 Å². The molecule has 1 aliphatic rings. The van der Waals surface area contributed by atoms with Crippen LogP contribution in [0.1, 0.15) is 20.8 Å². The highest BCUT2D eigenvalue weighted by atomic mass is 32.2. The molecular weight excluding hydrogens is 234 g/mol. The molecule has 0 amide bonds. The van der Waals surface area contributed by atoms with E-state index in [1.165, 1.54) is 7.11 Å². The van der Waals surface area contributed by atoms with Crippen LogP contribution in [0.3, 0.4) is 0 Å². The van der Waals surface area contributed by atoms with Gasteiger partial charge in [0.15, 0.2) is 0 Å². The van der Waals surface area contributed by atoms with E-state index in [9.17, 15) is 13.8 Å². The Morgan fingerprint density at radius 2 is 1.81 bits per heavy atom. The average Bonchev–Trinajstić information content (AvgIpc) is 2.88. The zero-order valence-electron chi connectivity index (χ0n) is 9.59. The minimum Gasteiger partial charge on any atom is -0.480 e. The topological polar surface area (TPSA) is 83.7 Å². The van der Waals surface area contributed by atoms with E-state index in [2.05, 4.69) is 4.74 Å². The lowest BCUT2D eigenvalue weighted by atomic mass is 10.3. The fraction of sp³-hybridized carbons (Fsp3) is 0.778. The van der Waals surface area contributed by atoms with Crippen LogP contribution in [0.2, 0.25) is 0 Å². The summed E-state index contributed by atoms with van der Waals surface area (Å²) in [7, 11) is -0.351. The third kappa shape index (κ3) is 2.25. The first kappa shape index (κ1) is 13.1. The number of esters is 1. The van der Waals surface area contributed by atoms with Crippen LogP contribution < -0.4 is 0 Å². The van der Waals surface area contributed by atoms with Gasteiger partial charge >= 0.3 is 11.9 Å². The van der Waals surface area contributed by atoms with E-state index in [1.54, 1.807) is 20.8 Å². The molecule has 4 atom stereocenters. The zero-order valence-corrected chi connectivity index (χ0v) is 10.4. The summed E-state index contributed by atoms with van der Waals surface area (Å²) < 4.78 is 17.0. The smallest absolute Gasteiger partial charge is 0.326 e. The summed E-state index contributed by atoms with van der Waals surface area (Å²) in [6.07, 6.45) is 0. The van der Waals surface area contributed by atoms with Crippen LogP contribution in [0.15, 0.2) is 0 Å². The molecule has 1 aliphatic heterocycles. The van der Waals surface area contributed by atoms with Gasteiger partial charge in [-0.05, 0) is 20.8 Å². The van der Waals surface area contributed by atoms with Crippen molar-refractivity contribution >= 4 is 22.9 Å². The Kier molecular flexibility index (Phi) is 3.39. The Bertz CT molecular complexity index is 348. The Morgan fingerprint density at radius 1 is 1.31 bits per heavy atom. The molecule has 1 fully saturated rings. The Hall–Kier alpha value is -0.950. The first-order chi connectivity index (χ1) is 7.21. The second kappa shape index (κ2) is 4.14. The summed E-state index contributed by atoms with van der Waals surface area (Å²) in [6.45, 7) is 5.15. The molecule has 0 spiro atoms. The first-order valence-corrected chi connectivity index (χ1v) is 5.83. The minimum atomic E-state index is -1.53. The number of rotatable bonds is 3. The maximum absolute atomic E-state index is 11.9. The number of carboxylic acid groups (broad SMARTS) is 1. The Balaban J connectivity index is 2.86. The van der Waals surface area contributed by atoms with Gasteiger partial charge in [-0.15, -0.1) is 0 Å². The number of carbonyl (C=O) groups is 2. The van der Waals surface area contributed by atoms with Gasteiger partial charge in [0.25, 0.3) is 0 Å². The molecule has 1 unspecified atom stereocenters. The molecule has 1 heterocycles. The molecule has 1 saturated heterocycles. The summed E-state index contributed by atoms with van der Waals surface area (Å²) in [6, 6.07) is -1.96. The van der Waals surface area contributed by atoms with E-state index in [-0.39, 0.29) is 0 Å². The average molecular weight is 249 g/mol. The number of hydrogen-bond donors (Lipinski definition) is 1. The second-order valence-corrected chi connectivity index (χ2v) is 6.62. The van der Waals surface area contributed by atoms with Crippen LogP contribution in [-0.4, -0.2) is 49.5 Å². The maximum atomic E-state index is 11.9. The predicted octanol–water partition coefficient (Wildman–Crippen LogP) is -0.241. The van der Waals surface area contributed by atoms with E-state index in [0.29, 0.717) is 0 Å². The van der Waals surface area contributed by atoms with Crippen molar-refractivity contribution in [2.75, 3.05) is 7.11 Å². The Labute approximate surface area is 96.2 Å². The highest BCUT2D eigenvalue weighted by Crippen LogP contribution is 2.35. The molecule has 0 saturated carbocycles. The third-order valence-corrected chi connectivity index (χ3v) is 4.05. The van der Waals surface area contributed by atoms with E-state index >= 15 is 0 Å². The fourth-order valence-corrected chi connectivity index (χ4v) is 2.73. The van der Waals surface area contributed by atoms with Crippen molar-refractivity contribution < 1.29 is 23.6 Å². The third-order valence-electron chi connectivity index (χ3n) is 2.17. The number of nitrogens with zero attached hydrogens (tertiary/aromatic N) is 1. The normalized spacial score (nSPS) is 30.6. The highest BCUT2D eigenvalue weighted by Gasteiger charge is 2.63. The van der Waals surface area contributed by atoms with Crippen molar-refractivity contribution in [1.29, 1.82) is 0 Å². The maximum Gasteiger partial charge on any atom is 0.326 e. The van der Waals surface area contributed by atoms with Gasteiger partial charge in [0.1, 0.15) is 23.1 Å². The van der Waals surface area contributed by atoms with Gasteiger partial charge in [0.2, 0.25) is 0 Å². The van der Waals surface area contributed by atoms with E-state index in [4.69, 9.17) is 5.11 Å². The van der Waals surface area contributed by atoms with Gasteiger partial charge in [-0.3, -0.25) is 9.59 Å². The lowest BCUT2D eigenvalue weighted by Gasteiger charge is -2.18. The molecule has 1 rings (SSSR count). The molecule has 0 aromatic rings. The van der Waals surface area contributed by atoms with E-state index < -0.39 is 39.8 Å². The van der Waals surface area contributed by atoms with E-state index in [0.717, 1.165) is 4.31 Å². The molecule has 0 aromatic heterocycles. The van der Waals surface area contributed by atoms with E-state index in [1.807, 2.05) is 0 Å². The standard InChI is InChI=1S/C9H15NO5S/c1-9(2,3)16(14)10-5(7(11)12)6(10)8(13)15-4/h5-6H,1-4H3,(H,11,12)/t5-,6+,10?,16-/m1/s1. The number of hydrogen-bond acceptors (Lipinski definition) is 4. The number of carboxylic acids is 1. The monoisotopic (exact) mass is 249 g/mol. The molecule has 92 valence electrons. The van der Waals surface area contributed by atoms with Crippen molar-refractivity contribution in [2.45, 2.75) is 37.6 Å². The van der Waals surface area contributed by atoms with Crippen molar-refractivity contribution in [3.05, 3.63) is 0 Å². The van der Waals surface area contributed by atoms with Crippen molar-refractivity contribution in [3.8, 4) is 0 Å². The number of ether oxygens (including phenoxy) is 1. The quantitative estimate of drug-likeness (QED) is 0.551.